The van der Waals surface area contributed by atoms with E-state index in [-0.39, 0.29) is 7.47 Å². The fraction of sp³-hybridized carbons (Fsp3) is 0.917. The van der Waals surface area contributed by atoms with Crippen molar-refractivity contribution in [3.05, 3.63) is 0 Å². The molecule has 0 radical (unpaired) electrons. The number of nitrogens with one attached hydrogen (secondary N) is 1. The lowest BCUT2D eigenvalue weighted by molar-refractivity contribution is -0.109. The largest absolute Gasteiger partial charge is 0.357 e. The van der Waals surface area contributed by atoms with Crippen LogP contribution in [0, 0.1) is 5.92 Å². The van der Waals surface area contributed by atoms with Gasteiger partial charge in [-0.3, -0.25) is 4.79 Å². The molecular weight excluding hydrogens is 174 g/mol. The first-order valence-electron chi connectivity index (χ1n) is 5.90. The lowest BCUT2D eigenvalue weighted by Crippen LogP contribution is -2.19. The van der Waals surface area contributed by atoms with Crippen LogP contribution in [0.25, 0.3) is 0 Å². The third kappa shape index (κ3) is 11.5. The molecule has 0 spiro atoms. The van der Waals surface area contributed by atoms with Crippen molar-refractivity contribution in [1.82, 2.24) is 5.32 Å². The monoisotopic (exact) mass is 203 g/mol. The molecule has 0 bridgehead atoms. The van der Waals surface area contributed by atoms with Gasteiger partial charge in [-0.15, -0.1) is 0 Å². The van der Waals surface area contributed by atoms with Gasteiger partial charge in [-0.25, -0.2) is 0 Å². The van der Waals surface area contributed by atoms with Crippen LogP contribution in [-0.2, 0) is 4.79 Å². The van der Waals surface area contributed by atoms with Crippen molar-refractivity contribution in [3.8, 4) is 0 Å². The van der Waals surface area contributed by atoms with Crippen molar-refractivity contribution in [2.24, 2.45) is 5.92 Å². The summed E-state index contributed by atoms with van der Waals surface area (Å²) in [5.41, 5.74) is 0. The molecule has 1 N–H and O–H groups in total. The molecule has 0 aromatic rings. The van der Waals surface area contributed by atoms with E-state index < -0.39 is 0 Å². The summed E-state index contributed by atoms with van der Waals surface area (Å²) in [6.07, 6.45) is 6.64. The molecule has 0 aromatic heterocycles. The SMILES string of the molecule is CC.CC(C)NC=O.CCC1CCC1.[HH]. The number of hydrogen-bond acceptors (Lipinski definition) is 1. The third-order valence-corrected chi connectivity index (χ3v) is 2.20. The highest BCUT2D eigenvalue weighted by Gasteiger charge is 2.13. The summed E-state index contributed by atoms with van der Waals surface area (Å²) in [6, 6.07) is 0.280. The summed E-state index contributed by atoms with van der Waals surface area (Å²) >= 11 is 0. The average molecular weight is 203 g/mol. The summed E-state index contributed by atoms with van der Waals surface area (Å²) in [6.45, 7) is 10.1. The summed E-state index contributed by atoms with van der Waals surface area (Å²) in [4.78, 5) is 9.50. The number of hydrogen-bond donors (Lipinski definition) is 1. The van der Waals surface area contributed by atoms with Crippen LogP contribution in [-0.4, -0.2) is 12.5 Å². The molecule has 0 heterocycles. The van der Waals surface area contributed by atoms with Crippen LogP contribution in [0.3, 0.4) is 0 Å². The molecule has 1 saturated carbocycles. The van der Waals surface area contributed by atoms with Gasteiger partial charge in [0.2, 0.25) is 6.41 Å². The first-order valence-corrected chi connectivity index (χ1v) is 5.90. The van der Waals surface area contributed by atoms with Gasteiger partial charge < -0.3 is 5.32 Å². The maximum absolute atomic E-state index is 9.50. The highest BCUT2D eigenvalue weighted by molar-refractivity contribution is 5.46. The Morgan fingerprint density at radius 3 is 1.93 bits per heavy atom. The topological polar surface area (TPSA) is 29.1 Å². The molecule has 0 aliphatic heterocycles. The van der Waals surface area contributed by atoms with Gasteiger partial charge in [0, 0.05) is 7.47 Å². The Bertz CT molecular complexity index is 111. The van der Waals surface area contributed by atoms with Gasteiger partial charge in [0.05, 0.1) is 0 Å². The molecule has 1 amide bonds. The van der Waals surface area contributed by atoms with Gasteiger partial charge in [0.1, 0.15) is 0 Å². The fourth-order valence-corrected chi connectivity index (χ4v) is 1.04. The molecule has 0 atom stereocenters. The van der Waals surface area contributed by atoms with E-state index in [1.165, 1.54) is 25.7 Å². The van der Waals surface area contributed by atoms with Crippen molar-refractivity contribution in [3.63, 3.8) is 0 Å². The van der Waals surface area contributed by atoms with E-state index >= 15 is 0 Å². The lowest BCUT2D eigenvalue weighted by atomic mass is 9.84. The summed E-state index contributed by atoms with van der Waals surface area (Å²) in [7, 11) is 0. The number of carbonyl (C=O) groups excluding carboxylic acids is 1. The molecular formula is C12H29NO. The van der Waals surface area contributed by atoms with Gasteiger partial charge in [0.25, 0.3) is 0 Å². The van der Waals surface area contributed by atoms with Crippen LogP contribution < -0.4 is 5.32 Å². The smallest absolute Gasteiger partial charge is 0.207 e. The normalized spacial score (nSPS) is 14.1. The summed E-state index contributed by atoms with van der Waals surface area (Å²) in [5.74, 6) is 1.12. The Balaban J connectivity index is -0.000000156. The number of rotatable bonds is 3. The second-order valence-corrected chi connectivity index (χ2v) is 3.64. The van der Waals surface area contributed by atoms with E-state index in [2.05, 4.69) is 12.2 Å². The van der Waals surface area contributed by atoms with Crippen molar-refractivity contribution < 1.29 is 6.22 Å². The van der Waals surface area contributed by atoms with E-state index in [4.69, 9.17) is 0 Å². The van der Waals surface area contributed by atoms with Crippen LogP contribution in [0.5, 0.6) is 0 Å². The zero-order valence-electron chi connectivity index (χ0n) is 10.5. The van der Waals surface area contributed by atoms with E-state index in [1.807, 2.05) is 27.7 Å². The second-order valence-electron chi connectivity index (χ2n) is 3.64. The average Bonchev–Trinajstić information content (AvgIpc) is 2.06. The fourth-order valence-electron chi connectivity index (χ4n) is 1.04. The van der Waals surface area contributed by atoms with E-state index in [1.54, 1.807) is 0 Å². The Labute approximate surface area is 91.0 Å². The van der Waals surface area contributed by atoms with Crippen LogP contribution in [0.4, 0.5) is 0 Å². The van der Waals surface area contributed by atoms with Crippen LogP contribution >= 0.6 is 0 Å². The van der Waals surface area contributed by atoms with Gasteiger partial charge >= 0.3 is 0 Å². The first kappa shape index (κ1) is 15.9. The van der Waals surface area contributed by atoms with Crippen molar-refractivity contribution in [1.29, 1.82) is 0 Å². The molecule has 2 nitrogen and oxygen atoms in total. The Morgan fingerprint density at radius 2 is 1.93 bits per heavy atom. The van der Waals surface area contributed by atoms with Crippen LogP contribution in [0.1, 0.15) is 61.7 Å². The molecule has 14 heavy (non-hydrogen) atoms. The van der Waals surface area contributed by atoms with E-state index in [0.717, 1.165) is 5.92 Å². The zero-order valence-corrected chi connectivity index (χ0v) is 10.5. The van der Waals surface area contributed by atoms with Crippen molar-refractivity contribution >= 4 is 6.41 Å². The highest BCUT2D eigenvalue weighted by Crippen LogP contribution is 2.28. The third-order valence-electron chi connectivity index (χ3n) is 2.20. The maximum Gasteiger partial charge on any atom is 0.207 e. The van der Waals surface area contributed by atoms with Crippen molar-refractivity contribution in [2.75, 3.05) is 0 Å². The van der Waals surface area contributed by atoms with Gasteiger partial charge in [-0.05, 0) is 19.8 Å². The summed E-state index contributed by atoms with van der Waals surface area (Å²) < 4.78 is 0. The summed E-state index contributed by atoms with van der Waals surface area (Å²) in [5, 5.41) is 2.53. The minimum Gasteiger partial charge on any atom is -0.357 e. The first-order chi connectivity index (χ1) is 6.70. The van der Waals surface area contributed by atoms with Crippen LogP contribution in [0.15, 0.2) is 0 Å². The van der Waals surface area contributed by atoms with Gasteiger partial charge in [-0.1, -0.05) is 46.5 Å². The highest BCUT2D eigenvalue weighted by atomic mass is 16.1. The molecule has 1 aliphatic rings. The molecule has 1 fully saturated rings. The molecule has 0 aromatic carbocycles. The van der Waals surface area contributed by atoms with Crippen molar-refractivity contribution in [2.45, 2.75) is 66.3 Å². The molecule has 0 saturated heterocycles. The molecule has 88 valence electrons. The molecule has 0 unspecified atom stereocenters. The van der Waals surface area contributed by atoms with Gasteiger partial charge in [-0.2, -0.15) is 0 Å². The molecule has 1 rings (SSSR count). The van der Waals surface area contributed by atoms with Crippen LogP contribution in [0.2, 0.25) is 0 Å². The Morgan fingerprint density at radius 1 is 1.43 bits per heavy atom. The predicted molar refractivity (Wildman–Crippen MR) is 65.4 cm³/mol. The standard InChI is InChI=1S/C6H12.C4H9NO.C2H6.H2/c1-2-6-4-3-5-6;1-4(2)5-3-6;1-2;/h6H,2-5H2,1H3;3-4H,1-2H3,(H,5,6);1-2H3;1H. The second kappa shape index (κ2) is 12.5. The van der Waals surface area contributed by atoms with Gasteiger partial charge in [0.15, 0.2) is 0 Å². The van der Waals surface area contributed by atoms with E-state index in [9.17, 15) is 4.79 Å². The molecule has 2 heteroatoms. The predicted octanol–water partition coefficient (Wildman–Crippen LogP) is 3.61. The number of amides is 1. The Kier molecular flexibility index (Phi) is 14.2. The zero-order chi connectivity index (χ0) is 11.4. The van der Waals surface area contributed by atoms with E-state index in [0.29, 0.717) is 6.41 Å². The number of carbonyl (C=O) groups is 1. The minimum atomic E-state index is 0. The lowest BCUT2D eigenvalue weighted by Gasteiger charge is -2.22. The molecule has 1 aliphatic carbocycles. The quantitative estimate of drug-likeness (QED) is 0.698. The maximum atomic E-state index is 9.50. The minimum absolute atomic E-state index is 0. The Hall–Kier alpha value is -0.530.